The van der Waals surface area contributed by atoms with E-state index in [2.05, 4.69) is 25.3 Å². The van der Waals surface area contributed by atoms with Crippen molar-refractivity contribution in [2.45, 2.75) is 77.5 Å². The fourth-order valence-electron chi connectivity index (χ4n) is 7.00. The zero-order valence-electron chi connectivity index (χ0n) is 30.7. The third kappa shape index (κ3) is 8.72. The molecule has 4 amide bonds. The van der Waals surface area contributed by atoms with E-state index in [0.717, 1.165) is 53.1 Å². The molecule has 2 aliphatic heterocycles. The van der Waals surface area contributed by atoms with E-state index in [1.165, 1.54) is 14.2 Å². The molecule has 278 valence electrons. The van der Waals surface area contributed by atoms with Crippen LogP contribution in [0.1, 0.15) is 99.6 Å². The lowest BCUT2D eigenvalue weighted by atomic mass is 10.0. The van der Waals surface area contributed by atoms with Gasteiger partial charge in [-0.2, -0.15) is 0 Å². The van der Waals surface area contributed by atoms with Crippen molar-refractivity contribution in [2.75, 3.05) is 27.2 Å². The van der Waals surface area contributed by atoms with Crippen LogP contribution in [-0.2, 0) is 14.3 Å². The van der Waals surface area contributed by atoms with Crippen molar-refractivity contribution < 1.29 is 29.0 Å². The minimum absolute atomic E-state index is 0.102. The van der Waals surface area contributed by atoms with E-state index >= 15 is 0 Å². The number of benzene rings is 1. The van der Waals surface area contributed by atoms with Crippen LogP contribution in [0.2, 0.25) is 0 Å². The zero-order chi connectivity index (χ0) is 37.5. The Hall–Kier alpha value is -5.40. The van der Waals surface area contributed by atoms with Crippen LogP contribution in [0, 0.1) is 11.8 Å². The van der Waals surface area contributed by atoms with Crippen molar-refractivity contribution in [3.05, 3.63) is 70.8 Å². The van der Waals surface area contributed by atoms with E-state index in [9.17, 15) is 24.3 Å². The molecule has 4 N–H and O–H groups in total. The maximum Gasteiger partial charge on any atom is 0.407 e. The lowest BCUT2D eigenvalue weighted by molar-refractivity contribution is -0.138. The van der Waals surface area contributed by atoms with Gasteiger partial charge in [0.05, 0.1) is 43.0 Å². The highest BCUT2D eigenvalue weighted by Crippen LogP contribution is 2.33. The molecular formula is C38H50N8O6. The first kappa shape index (κ1) is 37.8. The quantitative estimate of drug-likeness (QED) is 0.182. The van der Waals surface area contributed by atoms with Crippen LogP contribution in [0.25, 0.3) is 24.3 Å². The van der Waals surface area contributed by atoms with Gasteiger partial charge in [-0.05, 0) is 60.8 Å². The number of alkyl carbamates (subject to hydrolysis) is 1. The zero-order valence-corrected chi connectivity index (χ0v) is 30.7. The van der Waals surface area contributed by atoms with E-state index in [-0.39, 0.29) is 35.7 Å². The number of H-pyrrole nitrogens is 2. The summed E-state index contributed by atoms with van der Waals surface area (Å²) in [6, 6.07) is 6.20. The highest BCUT2D eigenvalue weighted by molar-refractivity contribution is 5.87. The number of likely N-dealkylation sites (tertiary alicyclic amines) is 2. The number of aromatic amines is 2. The average Bonchev–Trinajstić information content (AvgIpc) is 3.95. The molecular weight excluding hydrogens is 664 g/mol. The molecule has 0 spiro atoms. The van der Waals surface area contributed by atoms with Crippen molar-refractivity contribution >= 4 is 48.3 Å². The number of carbonyl (C=O) groups excluding carboxylic acids is 3. The molecule has 2 fully saturated rings. The lowest BCUT2D eigenvalue weighted by Gasteiger charge is -2.33. The minimum Gasteiger partial charge on any atom is -0.465 e. The van der Waals surface area contributed by atoms with Gasteiger partial charge in [-0.3, -0.25) is 14.5 Å². The van der Waals surface area contributed by atoms with Gasteiger partial charge in [-0.25, -0.2) is 19.6 Å². The normalized spacial score (nSPS) is 18.8. The number of imidazole rings is 2. The van der Waals surface area contributed by atoms with Crippen LogP contribution < -0.4 is 5.32 Å². The Bertz CT molecular complexity index is 1780. The fourth-order valence-corrected chi connectivity index (χ4v) is 7.00. The number of carbonyl (C=O) groups is 4. The molecule has 0 radical (unpaired) electrons. The Labute approximate surface area is 304 Å². The summed E-state index contributed by atoms with van der Waals surface area (Å²) in [5.74, 6) is 0.793. The van der Waals surface area contributed by atoms with Crippen LogP contribution in [0.5, 0.6) is 0 Å². The van der Waals surface area contributed by atoms with E-state index in [1.807, 2.05) is 76.3 Å². The van der Waals surface area contributed by atoms with Gasteiger partial charge < -0.3 is 34.9 Å². The number of carboxylic acid groups (broad SMARTS) is 1. The monoisotopic (exact) mass is 714 g/mol. The Morgan fingerprint density at radius 1 is 0.827 bits per heavy atom. The van der Waals surface area contributed by atoms with Gasteiger partial charge >= 0.3 is 12.2 Å². The molecule has 0 unspecified atom stereocenters. The summed E-state index contributed by atoms with van der Waals surface area (Å²) < 4.78 is 4.73. The number of hydrogen-bond acceptors (Lipinski definition) is 7. The van der Waals surface area contributed by atoms with Gasteiger partial charge in [-0.1, -0.05) is 64.1 Å². The predicted octanol–water partition coefficient (Wildman–Crippen LogP) is 5.82. The van der Waals surface area contributed by atoms with Crippen molar-refractivity contribution in [1.29, 1.82) is 0 Å². The van der Waals surface area contributed by atoms with E-state index in [1.54, 1.807) is 22.2 Å². The summed E-state index contributed by atoms with van der Waals surface area (Å²) in [6.07, 6.45) is 12.8. The summed E-state index contributed by atoms with van der Waals surface area (Å²) in [5, 5.41) is 12.2. The molecule has 3 aromatic rings. The molecule has 1 aromatic carbocycles. The molecule has 5 rings (SSSR count). The lowest BCUT2D eigenvalue weighted by Crippen LogP contribution is -2.51. The first-order valence-electron chi connectivity index (χ1n) is 17.8. The van der Waals surface area contributed by atoms with Crippen LogP contribution in [0.4, 0.5) is 9.59 Å². The SMILES string of the molecule is COC(=O)N[C@H](C(=O)N1CCC[C@H]1c1ncc(C=Cc2ccc(C=Cc3cnc([C@@H]4CCCN4C(=O)[C@H](C(C)C)N(C)C(=O)O)[nH]3)cc2)[nH]1)C(C)C. The fraction of sp³-hybridized carbons (Fsp3) is 0.474. The molecule has 14 heteroatoms. The highest BCUT2D eigenvalue weighted by Gasteiger charge is 2.40. The number of amides is 4. The smallest absolute Gasteiger partial charge is 0.407 e. The minimum atomic E-state index is -1.13. The number of likely N-dealkylation sites (N-methyl/N-ethyl adjacent to an activating group) is 1. The van der Waals surface area contributed by atoms with Crippen LogP contribution in [0.3, 0.4) is 0 Å². The largest absolute Gasteiger partial charge is 0.465 e. The number of ether oxygens (including phenoxy) is 1. The van der Waals surface area contributed by atoms with Gasteiger partial charge in [0.1, 0.15) is 23.7 Å². The maximum absolute atomic E-state index is 13.5. The number of methoxy groups -OCH3 is 1. The van der Waals surface area contributed by atoms with Crippen molar-refractivity contribution in [3.63, 3.8) is 0 Å². The first-order chi connectivity index (χ1) is 24.9. The summed E-state index contributed by atoms with van der Waals surface area (Å²) in [4.78, 5) is 70.9. The summed E-state index contributed by atoms with van der Waals surface area (Å²) in [5.41, 5.74) is 3.62. The number of nitrogens with zero attached hydrogens (tertiary/aromatic N) is 5. The Morgan fingerprint density at radius 3 is 1.73 bits per heavy atom. The highest BCUT2D eigenvalue weighted by atomic mass is 16.5. The molecule has 14 nitrogen and oxygen atoms in total. The Balaban J connectivity index is 1.19. The van der Waals surface area contributed by atoms with E-state index < -0.39 is 24.3 Å². The average molecular weight is 715 g/mol. The molecule has 52 heavy (non-hydrogen) atoms. The summed E-state index contributed by atoms with van der Waals surface area (Å²) in [6.45, 7) is 8.65. The second kappa shape index (κ2) is 16.7. The number of hydrogen-bond donors (Lipinski definition) is 4. The van der Waals surface area contributed by atoms with Gasteiger partial charge in [0.25, 0.3) is 0 Å². The van der Waals surface area contributed by atoms with Crippen molar-refractivity contribution in [3.8, 4) is 0 Å². The van der Waals surface area contributed by atoms with Crippen molar-refractivity contribution in [2.24, 2.45) is 11.8 Å². The second-order valence-corrected chi connectivity index (χ2v) is 14.1. The number of rotatable bonds is 12. The molecule has 2 aromatic heterocycles. The molecule has 0 aliphatic carbocycles. The third-order valence-electron chi connectivity index (χ3n) is 9.78. The van der Waals surface area contributed by atoms with Gasteiger partial charge in [-0.15, -0.1) is 0 Å². The molecule has 4 atom stereocenters. The Morgan fingerprint density at radius 2 is 1.31 bits per heavy atom. The molecule has 2 aliphatic rings. The first-order valence-corrected chi connectivity index (χ1v) is 17.8. The molecule has 2 saturated heterocycles. The molecule has 0 bridgehead atoms. The van der Waals surface area contributed by atoms with Crippen LogP contribution in [0.15, 0.2) is 36.7 Å². The third-order valence-corrected chi connectivity index (χ3v) is 9.78. The summed E-state index contributed by atoms with van der Waals surface area (Å²) >= 11 is 0. The second-order valence-electron chi connectivity index (χ2n) is 14.1. The molecule has 4 heterocycles. The Kier molecular flexibility index (Phi) is 12.2. The van der Waals surface area contributed by atoms with Crippen LogP contribution >= 0.6 is 0 Å². The standard InChI is InChI=1S/C38H50N8O6/c1-23(2)31(43-37(49)52-6)35(47)45-19-7-9-29(45)33-39-21-27(41-33)17-15-25-11-13-26(14-12-25)16-18-28-22-40-34(42-28)30-10-8-20-46(30)36(48)32(24(3)4)44(5)38(50)51/h11-18,21-24,29-32H,7-10,19-20H2,1-6H3,(H,39,41)(H,40,42)(H,43,49)(H,50,51)/t29-,30-,31-,32-/m0/s1. The number of aromatic nitrogens is 4. The summed E-state index contributed by atoms with van der Waals surface area (Å²) in [7, 11) is 2.73. The van der Waals surface area contributed by atoms with Crippen molar-refractivity contribution in [1.82, 2.24) is 40.0 Å². The predicted molar refractivity (Wildman–Crippen MR) is 197 cm³/mol. The van der Waals surface area contributed by atoms with E-state index in [0.29, 0.717) is 24.7 Å². The van der Waals surface area contributed by atoms with Gasteiger partial charge in [0.15, 0.2) is 0 Å². The van der Waals surface area contributed by atoms with Gasteiger partial charge in [0.2, 0.25) is 11.8 Å². The topological polar surface area (TPSA) is 177 Å². The molecule has 0 saturated carbocycles. The number of nitrogens with one attached hydrogen (secondary N) is 3. The van der Waals surface area contributed by atoms with Crippen LogP contribution in [-0.4, -0.2) is 103 Å². The van der Waals surface area contributed by atoms with Gasteiger partial charge in [0, 0.05) is 20.1 Å². The maximum atomic E-state index is 13.5. The van der Waals surface area contributed by atoms with E-state index in [4.69, 9.17) is 4.74 Å².